The van der Waals surface area contributed by atoms with Gasteiger partial charge in [-0.25, -0.2) is 0 Å². The van der Waals surface area contributed by atoms with E-state index < -0.39 is 5.97 Å². The molecule has 0 aromatic heterocycles. The second-order valence-corrected chi connectivity index (χ2v) is 9.92. The lowest BCUT2D eigenvalue weighted by atomic mass is 9.99. The minimum atomic E-state index is -1.00. The van der Waals surface area contributed by atoms with Crippen LogP contribution in [0.5, 0.6) is 17.2 Å². The number of ketones is 1. The molecular formula is C26H25Br2NO5. The number of carbonyl (C=O) groups is 2. The number of benzene rings is 3. The molecule has 3 aromatic carbocycles. The maximum absolute atomic E-state index is 13.0. The smallest absolute Gasteiger partial charge is 0.322 e. The van der Waals surface area contributed by atoms with Crippen LogP contribution >= 0.6 is 31.9 Å². The fourth-order valence-corrected chi connectivity index (χ4v) is 4.98. The minimum absolute atomic E-state index is 0.124. The molecule has 0 spiro atoms. The predicted molar refractivity (Wildman–Crippen MR) is 139 cm³/mol. The zero-order chi connectivity index (χ0) is 25.0. The maximum atomic E-state index is 13.0. The maximum Gasteiger partial charge on any atom is 0.322 e. The molecule has 0 aliphatic heterocycles. The fraction of sp³-hybridized carbons (Fsp3) is 0.231. The molecule has 3 N–H and O–H groups in total. The molecule has 0 radical (unpaired) electrons. The number of phenols is 1. The van der Waals surface area contributed by atoms with Crippen molar-refractivity contribution in [3.05, 3.63) is 79.7 Å². The number of ether oxygens (including phenoxy) is 1. The molecule has 0 aliphatic carbocycles. The largest absolute Gasteiger partial charge is 0.507 e. The summed E-state index contributed by atoms with van der Waals surface area (Å²) in [5.74, 6) is 0.414. The highest BCUT2D eigenvalue weighted by Gasteiger charge is 2.17. The number of Topliss-reactive ketones (excluding diaryl/α,β-unsaturated/α-hetero) is 1. The first kappa shape index (κ1) is 25.8. The Labute approximate surface area is 215 Å². The third-order valence-electron chi connectivity index (χ3n) is 5.23. The van der Waals surface area contributed by atoms with E-state index in [-0.39, 0.29) is 30.4 Å². The van der Waals surface area contributed by atoms with Gasteiger partial charge in [0.2, 0.25) is 0 Å². The number of carboxylic acid groups (broad SMARTS) is 1. The van der Waals surface area contributed by atoms with Crippen LogP contribution in [0.1, 0.15) is 46.8 Å². The number of rotatable bonds is 9. The fourth-order valence-electron chi connectivity index (χ4n) is 3.53. The summed E-state index contributed by atoms with van der Waals surface area (Å²) in [6, 6.07) is 14.1. The third-order valence-corrected chi connectivity index (χ3v) is 6.40. The number of aryl methyl sites for hydroxylation is 1. The molecular weight excluding hydrogens is 566 g/mol. The molecule has 0 fully saturated rings. The number of hydrogen-bond donors (Lipinski definition) is 3. The predicted octanol–water partition coefficient (Wildman–Crippen LogP) is 7.06. The molecule has 0 atom stereocenters. The molecule has 3 rings (SSSR count). The van der Waals surface area contributed by atoms with Crippen molar-refractivity contribution in [3.63, 3.8) is 0 Å². The van der Waals surface area contributed by atoms with Crippen molar-refractivity contribution in [3.8, 4) is 17.2 Å². The summed E-state index contributed by atoms with van der Waals surface area (Å²) < 4.78 is 7.46. The Morgan fingerprint density at radius 2 is 1.71 bits per heavy atom. The molecule has 0 bridgehead atoms. The van der Waals surface area contributed by atoms with Crippen molar-refractivity contribution >= 4 is 49.3 Å². The lowest BCUT2D eigenvalue weighted by Gasteiger charge is -2.16. The Morgan fingerprint density at radius 3 is 2.32 bits per heavy atom. The van der Waals surface area contributed by atoms with Gasteiger partial charge in [-0.15, -0.1) is 0 Å². The van der Waals surface area contributed by atoms with Crippen molar-refractivity contribution in [2.75, 3.05) is 11.9 Å². The molecule has 0 saturated carbocycles. The van der Waals surface area contributed by atoms with E-state index in [1.165, 1.54) is 0 Å². The highest BCUT2D eigenvalue weighted by molar-refractivity contribution is 9.11. The van der Waals surface area contributed by atoms with E-state index in [0.717, 1.165) is 16.7 Å². The van der Waals surface area contributed by atoms with Crippen LogP contribution in [0, 0.1) is 6.92 Å². The molecule has 0 aliphatic rings. The minimum Gasteiger partial charge on any atom is -0.507 e. The molecule has 8 heteroatoms. The number of anilines is 1. The molecule has 0 amide bonds. The van der Waals surface area contributed by atoms with Crippen LogP contribution in [-0.4, -0.2) is 28.5 Å². The van der Waals surface area contributed by atoms with Crippen LogP contribution in [-0.2, 0) is 11.2 Å². The van der Waals surface area contributed by atoms with Gasteiger partial charge < -0.3 is 20.3 Å². The topological polar surface area (TPSA) is 95.9 Å². The van der Waals surface area contributed by atoms with E-state index in [1.807, 2.05) is 39.0 Å². The van der Waals surface area contributed by atoms with E-state index in [9.17, 15) is 14.7 Å². The molecule has 6 nitrogen and oxygen atoms in total. The number of aliphatic carboxylic acids is 1. The summed E-state index contributed by atoms with van der Waals surface area (Å²) in [5.41, 5.74) is 3.20. The van der Waals surface area contributed by atoms with Crippen LogP contribution in [0.25, 0.3) is 0 Å². The van der Waals surface area contributed by atoms with Crippen LogP contribution in [0.15, 0.2) is 57.5 Å². The van der Waals surface area contributed by atoms with E-state index in [2.05, 4.69) is 37.2 Å². The Bertz CT molecular complexity index is 1220. The highest BCUT2D eigenvalue weighted by Crippen LogP contribution is 2.40. The van der Waals surface area contributed by atoms with Crippen LogP contribution in [0.3, 0.4) is 0 Å². The molecule has 0 saturated heterocycles. The second kappa shape index (κ2) is 11.1. The van der Waals surface area contributed by atoms with Crippen molar-refractivity contribution in [1.29, 1.82) is 0 Å². The van der Waals surface area contributed by atoms with Gasteiger partial charge in [0.25, 0.3) is 0 Å². The Kier molecular flexibility index (Phi) is 8.38. The first-order valence-corrected chi connectivity index (χ1v) is 12.2. The van der Waals surface area contributed by atoms with E-state index in [1.54, 1.807) is 30.3 Å². The summed E-state index contributed by atoms with van der Waals surface area (Å²) in [4.78, 5) is 23.9. The monoisotopic (exact) mass is 589 g/mol. The van der Waals surface area contributed by atoms with E-state index in [4.69, 9.17) is 9.84 Å². The van der Waals surface area contributed by atoms with Crippen molar-refractivity contribution in [2.45, 2.75) is 33.1 Å². The van der Waals surface area contributed by atoms with E-state index in [0.29, 0.717) is 31.7 Å². The Balaban J connectivity index is 1.83. The number of carbonyl (C=O) groups excluding carboxylic acids is 1. The first-order valence-electron chi connectivity index (χ1n) is 10.6. The van der Waals surface area contributed by atoms with Crippen molar-refractivity contribution in [1.82, 2.24) is 0 Å². The number of aromatic hydroxyl groups is 1. The van der Waals surface area contributed by atoms with Gasteiger partial charge in [-0.1, -0.05) is 26.0 Å². The second-order valence-electron chi connectivity index (χ2n) is 8.22. The standard InChI is InChI=1S/C26H25Br2NO5/c1-14(2)19-12-17(8-15(3)25(19)33)34-26-20(27)9-16(10-21(26)28)11-23(30)18-6-4-5-7-22(18)29-13-24(31)32/h4-10,12,14,29,33H,11,13H2,1-3H3,(H,31,32). The zero-order valence-corrected chi connectivity index (χ0v) is 22.2. The van der Waals surface area contributed by atoms with Gasteiger partial charge in [-0.05, 0) is 92.2 Å². The number of hydrogen-bond acceptors (Lipinski definition) is 5. The summed E-state index contributed by atoms with van der Waals surface area (Å²) in [7, 11) is 0. The van der Waals surface area contributed by atoms with Gasteiger partial charge in [0.15, 0.2) is 11.5 Å². The van der Waals surface area contributed by atoms with Crippen LogP contribution in [0.2, 0.25) is 0 Å². The van der Waals surface area contributed by atoms with Crippen molar-refractivity contribution in [2.24, 2.45) is 0 Å². The summed E-state index contributed by atoms with van der Waals surface area (Å²) in [5, 5.41) is 22.0. The Hall–Kier alpha value is -2.84. The summed E-state index contributed by atoms with van der Waals surface area (Å²) in [6.45, 7) is 5.56. The lowest BCUT2D eigenvalue weighted by molar-refractivity contribution is -0.134. The molecule has 178 valence electrons. The normalized spacial score (nSPS) is 10.9. The number of para-hydroxylation sites is 1. The van der Waals surface area contributed by atoms with Crippen LogP contribution < -0.4 is 10.1 Å². The average molecular weight is 591 g/mol. The average Bonchev–Trinajstić information content (AvgIpc) is 2.77. The molecule has 3 aromatic rings. The molecule has 34 heavy (non-hydrogen) atoms. The summed E-state index contributed by atoms with van der Waals surface area (Å²) >= 11 is 7.09. The number of carboxylic acids is 1. The molecule has 0 unspecified atom stereocenters. The number of halogens is 2. The van der Waals surface area contributed by atoms with Crippen molar-refractivity contribution < 1.29 is 24.5 Å². The SMILES string of the molecule is Cc1cc(Oc2c(Br)cc(CC(=O)c3ccccc3NCC(=O)O)cc2Br)cc(C(C)C)c1O. The number of phenolic OH excluding ortho intramolecular Hbond substituents is 1. The highest BCUT2D eigenvalue weighted by atomic mass is 79.9. The lowest BCUT2D eigenvalue weighted by Crippen LogP contribution is -2.15. The third kappa shape index (κ3) is 6.18. The van der Waals surface area contributed by atoms with Gasteiger partial charge in [0, 0.05) is 23.2 Å². The number of nitrogens with one attached hydrogen (secondary N) is 1. The van der Waals surface area contributed by atoms with Gasteiger partial charge >= 0.3 is 5.97 Å². The van der Waals surface area contributed by atoms with Gasteiger partial charge in [-0.3, -0.25) is 9.59 Å². The quantitative estimate of drug-likeness (QED) is 0.231. The van der Waals surface area contributed by atoms with E-state index >= 15 is 0 Å². The van der Waals surface area contributed by atoms with Gasteiger partial charge in [0.05, 0.1) is 8.95 Å². The van der Waals surface area contributed by atoms with Gasteiger partial charge in [-0.2, -0.15) is 0 Å². The first-order chi connectivity index (χ1) is 16.1. The molecule has 0 heterocycles. The Morgan fingerprint density at radius 1 is 1.06 bits per heavy atom. The zero-order valence-electron chi connectivity index (χ0n) is 19.0. The summed E-state index contributed by atoms with van der Waals surface area (Å²) in [6.07, 6.45) is 0.124. The van der Waals surface area contributed by atoms with Crippen LogP contribution in [0.4, 0.5) is 5.69 Å². The van der Waals surface area contributed by atoms with Gasteiger partial charge in [0.1, 0.15) is 18.0 Å².